The second-order valence-corrected chi connectivity index (χ2v) is 5.00. The zero-order chi connectivity index (χ0) is 11.5. The van der Waals surface area contributed by atoms with E-state index in [0.29, 0.717) is 0 Å². The molecule has 84 valence electrons. The van der Waals surface area contributed by atoms with E-state index in [2.05, 4.69) is 27.9 Å². The summed E-state index contributed by atoms with van der Waals surface area (Å²) in [6.07, 6.45) is 1.68. The van der Waals surface area contributed by atoms with Crippen molar-refractivity contribution in [3.8, 4) is 0 Å². The maximum absolute atomic E-state index is 6.02. The average Bonchev–Trinajstić information content (AvgIpc) is 2.78. The quantitative estimate of drug-likeness (QED) is 0.853. The lowest BCUT2D eigenvalue weighted by molar-refractivity contribution is 0.462. The second kappa shape index (κ2) is 5.21. The zero-order valence-corrected chi connectivity index (χ0v) is 11.6. The van der Waals surface area contributed by atoms with Gasteiger partial charge in [-0.05, 0) is 65.5 Å². The van der Waals surface area contributed by atoms with Crippen LogP contribution in [0.4, 0.5) is 0 Å². The van der Waals surface area contributed by atoms with Crippen LogP contribution in [0.5, 0.6) is 0 Å². The van der Waals surface area contributed by atoms with Gasteiger partial charge in [-0.3, -0.25) is 0 Å². The molecule has 16 heavy (non-hydrogen) atoms. The van der Waals surface area contributed by atoms with Crippen LogP contribution in [0.1, 0.15) is 17.4 Å². The van der Waals surface area contributed by atoms with E-state index in [4.69, 9.17) is 16.0 Å². The fraction of sp³-hybridized carbons (Fsp3) is 0.167. The van der Waals surface area contributed by atoms with Crippen molar-refractivity contribution in [2.24, 2.45) is 0 Å². The molecule has 2 nitrogen and oxygen atoms in total. The third kappa shape index (κ3) is 2.42. The number of hydrogen-bond acceptors (Lipinski definition) is 2. The molecule has 0 saturated carbocycles. The SMILES string of the molecule is CNC(c1ccco1)c1cc(Cl)ccc1I. The van der Waals surface area contributed by atoms with E-state index < -0.39 is 0 Å². The monoisotopic (exact) mass is 347 g/mol. The van der Waals surface area contributed by atoms with Crippen molar-refractivity contribution in [3.05, 3.63) is 56.5 Å². The number of benzene rings is 1. The van der Waals surface area contributed by atoms with Gasteiger partial charge < -0.3 is 9.73 Å². The fourth-order valence-corrected chi connectivity index (χ4v) is 2.47. The molecule has 1 unspecified atom stereocenters. The van der Waals surface area contributed by atoms with Crippen LogP contribution in [0.15, 0.2) is 41.0 Å². The molecule has 1 aromatic heterocycles. The minimum atomic E-state index is 0.0422. The minimum Gasteiger partial charge on any atom is -0.467 e. The summed E-state index contributed by atoms with van der Waals surface area (Å²) < 4.78 is 6.59. The highest BCUT2D eigenvalue weighted by molar-refractivity contribution is 14.1. The molecule has 0 bridgehead atoms. The highest BCUT2D eigenvalue weighted by Gasteiger charge is 2.17. The molecule has 0 radical (unpaired) electrons. The third-order valence-electron chi connectivity index (χ3n) is 2.39. The summed E-state index contributed by atoms with van der Waals surface area (Å²) in [4.78, 5) is 0. The second-order valence-electron chi connectivity index (χ2n) is 3.40. The Morgan fingerprint density at radius 2 is 2.19 bits per heavy atom. The molecule has 2 rings (SSSR count). The van der Waals surface area contributed by atoms with Crippen LogP contribution in [-0.4, -0.2) is 7.05 Å². The summed E-state index contributed by atoms with van der Waals surface area (Å²) in [6, 6.07) is 9.75. The van der Waals surface area contributed by atoms with Gasteiger partial charge in [0.2, 0.25) is 0 Å². The zero-order valence-electron chi connectivity index (χ0n) is 8.71. The summed E-state index contributed by atoms with van der Waals surface area (Å²) >= 11 is 8.32. The lowest BCUT2D eigenvalue weighted by atomic mass is 10.1. The van der Waals surface area contributed by atoms with Crippen molar-refractivity contribution >= 4 is 34.2 Å². The lowest BCUT2D eigenvalue weighted by Gasteiger charge is -2.16. The molecular formula is C12H11ClINO. The molecule has 0 saturated heterocycles. The molecule has 1 N–H and O–H groups in total. The van der Waals surface area contributed by atoms with Gasteiger partial charge in [-0.15, -0.1) is 0 Å². The fourth-order valence-electron chi connectivity index (χ4n) is 1.64. The first kappa shape index (κ1) is 12.0. The summed E-state index contributed by atoms with van der Waals surface area (Å²) in [5.74, 6) is 0.891. The number of furan rings is 1. The molecule has 0 spiro atoms. The Hall–Kier alpha value is -0.520. The molecule has 1 atom stereocenters. The third-order valence-corrected chi connectivity index (χ3v) is 3.60. The van der Waals surface area contributed by atoms with Crippen LogP contribution in [0, 0.1) is 3.57 Å². The summed E-state index contributed by atoms with van der Waals surface area (Å²) in [5, 5.41) is 3.97. The minimum absolute atomic E-state index is 0.0422. The van der Waals surface area contributed by atoms with Crippen LogP contribution in [0.3, 0.4) is 0 Å². The predicted molar refractivity (Wildman–Crippen MR) is 73.8 cm³/mol. The molecule has 0 aliphatic rings. The summed E-state index contributed by atoms with van der Waals surface area (Å²) in [5.41, 5.74) is 1.13. The molecular weight excluding hydrogens is 336 g/mol. The van der Waals surface area contributed by atoms with Crippen molar-refractivity contribution in [2.75, 3.05) is 7.05 Å². The van der Waals surface area contributed by atoms with Crippen molar-refractivity contribution in [2.45, 2.75) is 6.04 Å². The number of rotatable bonds is 3. The van der Waals surface area contributed by atoms with Gasteiger partial charge in [-0.2, -0.15) is 0 Å². The highest BCUT2D eigenvalue weighted by atomic mass is 127. The first-order chi connectivity index (χ1) is 7.72. The Labute approximate surface area is 113 Å². The molecule has 0 fully saturated rings. The number of hydrogen-bond donors (Lipinski definition) is 1. The van der Waals surface area contributed by atoms with E-state index in [-0.39, 0.29) is 6.04 Å². The van der Waals surface area contributed by atoms with Crippen molar-refractivity contribution in [1.29, 1.82) is 0 Å². The number of nitrogens with one attached hydrogen (secondary N) is 1. The first-order valence-electron chi connectivity index (χ1n) is 4.88. The first-order valence-corrected chi connectivity index (χ1v) is 6.33. The van der Waals surface area contributed by atoms with Crippen LogP contribution < -0.4 is 5.32 Å². The van der Waals surface area contributed by atoms with E-state index >= 15 is 0 Å². The van der Waals surface area contributed by atoms with Gasteiger partial charge in [-0.1, -0.05) is 11.6 Å². The molecule has 0 amide bonds. The van der Waals surface area contributed by atoms with E-state index in [1.807, 2.05) is 37.4 Å². The largest absolute Gasteiger partial charge is 0.467 e. The van der Waals surface area contributed by atoms with Gasteiger partial charge in [0.15, 0.2) is 0 Å². The Bertz CT molecular complexity index is 470. The Morgan fingerprint density at radius 3 is 2.81 bits per heavy atom. The van der Waals surface area contributed by atoms with Gasteiger partial charge in [0, 0.05) is 8.59 Å². The number of halogens is 2. The van der Waals surface area contributed by atoms with E-state index in [0.717, 1.165) is 19.9 Å². The van der Waals surface area contributed by atoms with Gasteiger partial charge >= 0.3 is 0 Å². The van der Waals surface area contributed by atoms with E-state index in [1.54, 1.807) is 6.26 Å². The van der Waals surface area contributed by atoms with Gasteiger partial charge in [0.25, 0.3) is 0 Å². The topological polar surface area (TPSA) is 25.2 Å². The van der Waals surface area contributed by atoms with Gasteiger partial charge in [0.1, 0.15) is 5.76 Å². The van der Waals surface area contributed by atoms with Crippen LogP contribution in [0.25, 0.3) is 0 Å². The standard InChI is InChI=1S/C12H11ClINO/c1-15-12(11-3-2-6-16-11)9-7-8(13)4-5-10(9)14/h2-7,12,15H,1H3. The predicted octanol–water partition coefficient (Wildman–Crippen LogP) is 3.85. The Kier molecular flexibility index (Phi) is 3.89. The van der Waals surface area contributed by atoms with Crippen LogP contribution >= 0.6 is 34.2 Å². The molecule has 0 aliphatic carbocycles. The summed E-state index contributed by atoms with van der Waals surface area (Å²) in [7, 11) is 1.91. The maximum Gasteiger partial charge on any atom is 0.125 e. The molecule has 0 aliphatic heterocycles. The molecule has 4 heteroatoms. The van der Waals surface area contributed by atoms with Crippen molar-refractivity contribution in [1.82, 2.24) is 5.32 Å². The van der Waals surface area contributed by atoms with E-state index in [9.17, 15) is 0 Å². The normalized spacial score (nSPS) is 12.7. The smallest absolute Gasteiger partial charge is 0.125 e. The van der Waals surface area contributed by atoms with Gasteiger partial charge in [-0.25, -0.2) is 0 Å². The Balaban J connectivity index is 2.44. The van der Waals surface area contributed by atoms with Crippen LogP contribution in [-0.2, 0) is 0 Å². The molecule has 1 aromatic carbocycles. The van der Waals surface area contributed by atoms with Crippen molar-refractivity contribution < 1.29 is 4.42 Å². The Morgan fingerprint density at radius 1 is 1.38 bits per heavy atom. The molecule has 2 aromatic rings. The summed E-state index contributed by atoms with van der Waals surface area (Å²) in [6.45, 7) is 0. The highest BCUT2D eigenvalue weighted by Crippen LogP contribution is 2.28. The van der Waals surface area contributed by atoms with Crippen LogP contribution in [0.2, 0.25) is 5.02 Å². The maximum atomic E-state index is 6.02. The van der Waals surface area contributed by atoms with E-state index in [1.165, 1.54) is 0 Å². The van der Waals surface area contributed by atoms with Gasteiger partial charge in [0.05, 0.1) is 12.3 Å². The van der Waals surface area contributed by atoms with Crippen molar-refractivity contribution in [3.63, 3.8) is 0 Å². The average molecular weight is 348 g/mol. The lowest BCUT2D eigenvalue weighted by Crippen LogP contribution is -2.18. The molecule has 1 heterocycles.